The predicted octanol–water partition coefficient (Wildman–Crippen LogP) is 2.88. The molecule has 41 valence electrons. The summed E-state index contributed by atoms with van der Waals surface area (Å²) in [5.41, 5.74) is 0. The van der Waals surface area contributed by atoms with Crippen molar-refractivity contribution in [2.45, 2.75) is 20.3 Å². The Labute approximate surface area is 47.8 Å². The van der Waals surface area contributed by atoms with Crippen molar-refractivity contribution in [2.75, 3.05) is 6.16 Å². The van der Waals surface area contributed by atoms with Crippen LogP contribution in [0.4, 0.5) is 0 Å². The summed E-state index contributed by atoms with van der Waals surface area (Å²) < 4.78 is 0. The van der Waals surface area contributed by atoms with E-state index in [0.717, 1.165) is 0 Å². The van der Waals surface area contributed by atoms with Crippen molar-refractivity contribution in [1.82, 2.24) is 0 Å². The first-order valence-electron chi connectivity index (χ1n) is 2.69. The summed E-state index contributed by atoms with van der Waals surface area (Å²) in [5, 5.41) is 0. The van der Waals surface area contributed by atoms with Crippen LogP contribution in [0.2, 0.25) is 0 Å². The lowest BCUT2D eigenvalue weighted by Gasteiger charge is -1.83. The average molecular weight is 115 g/mol. The van der Waals surface area contributed by atoms with Crippen LogP contribution in [0, 0.1) is 0 Å². The van der Waals surface area contributed by atoms with Crippen molar-refractivity contribution in [3.63, 3.8) is 0 Å². The van der Waals surface area contributed by atoms with Crippen LogP contribution in [0.25, 0.3) is 0 Å². The van der Waals surface area contributed by atoms with Gasteiger partial charge in [0.2, 0.25) is 0 Å². The second-order valence-corrected chi connectivity index (χ2v) is 2.50. The monoisotopic (exact) mass is 115 g/mol. The number of hydrogen-bond donors (Lipinski definition) is 0. The fourth-order valence-corrected chi connectivity index (χ4v) is 0.927. The Balaban J connectivity index is 2.69. The van der Waals surface area contributed by atoms with Gasteiger partial charge in [0.15, 0.2) is 0 Å². The maximum Gasteiger partial charge on any atom is -0.0252 e. The van der Waals surface area contributed by atoms with E-state index in [4.69, 9.17) is 0 Å². The highest BCUT2D eigenvalue weighted by molar-refractivity contribution is 7.41. The van der Waals surface area contributed by atoms with Gasteiger partial charge in [0.25, 0.3) is 0 Å². The Kier molecular flexibility index (Phi) is 6.32. The van der Waals surface area contributed by atoms with Crippen molar-refractivity contribution < 1.29 is 0 Å². The molecular weight excluding hydrogens is 103 g/mol. The molecule has 7 heavy (non-hydrogen) atoms. The van der Waals surface area contributed by atoms with Gasteiger partial charge in [-0.3, -0.25) is 0 Å². The lowest BCUT2D eigenvalue weighted by atomic mass is 10.6. The summed E-state index contributed by atoms with van der Waals surface area (Å²) in [4.78, 5) is 0. The van der Waals surface area contributed by atoms with Gasteiger partial charge in [-0.15, -0.1) is 0 Å². The predicted molar refractivity (Wildman–Crippen MR) is 36.9 cm³/mol. The van der Waals surface area contributed by atoms with E-state index in [9.17, 15) is 0 Å². The molecule has 0 amide bonds. The first kappa shape index (κ1) is 7.17. The molecule has 0 bridgehead atoms. The third-order valence-corrected chi connectivity index (χ3v) is 1.82. The highest BCUT2D eigenvalue weighted by Crippen LogP contribution is 2.11. The molecule has 1 radical (unpaired) electrons. The molecule has 0 aliphatic carbocycles. The van der Waals surface area contributed by atoms with E-state index >= 15 is 0 Å². The topological polar surface area (TPSA) is 0 Å². The zero-order valence-electron chi connectivity index (χ0n) is 5.02. The molecule has 0 spiro atoms. The van der Waals surface area contributed by atoms with Crippen LogP contribution in [0.5, 0.6) is 0 Å². The van der Waals surface area contributed by atoms with E-state index in [0.29, 0.717) is 0 Å². The Morgan fingerprint density at radius 3 is 2.71 bits per heavy atom. The lowest BCUT2D eigenvalue weighted by Crippen LogP contribution is -1.62. The van der Waals surface area contributed by atoms with Crippen LogP contribution in [0.1, 0.15) is 20.3 Å². The molecule has 0 N–H and O–H groups in total. The summed E-state index contributed by atoms with van der Waals surface area (Å²) in [7, 11) is 1.46. The molecule has 0 saturated heterocycles. The first-order valence-corrected chi connectivity index (χ1v) is 3.84. The molecule has 1 heteroatoms. The van der Waals surface area contributed by atoms with Gasteiger partial charge in [-0.1, -0.05) is 33.8 Å². The van der Waals surface area contributed by atoms with Crippen LogP contribution in [-0.2, 0) is 0 Å². The van der Waals surface area contributed by atoms with E-state index in [1.165, 1.54) is 21.2 Å². The Morgan fingerprint density at radius 1 is 1.57 bits per heavy atom. The first-order chi connectivity index (χ1) is 3.41. The molecule has 0 fully saturated rings. The Bertz CT molecular complexity index is 48.1. The van der Waals surface area contributed by atoms with Crippen LogP contribution < -0.4 is 0 Å². The van der Waals surface area contributed by atoms with Gasteiger partial charge >= 0.3 is 0 Å². The normalized spacial score (nSPS) is 12.3. The minimum Gasteiger partial charge on any atom is -0.0868 e. The average Bonchev–Trinajstić information content (AvgIpc) is 1.69. The van der Waals surface area contributed by atoms with E-state index in [1.807, 2.05) is 0 Å². The molecule has 0 aliphatic rings. The highest BCUT2D eigenvalue weighted by atomic mass is 31.1. The minimum absolute atomic E-state index is 1.30. The van der Waals surface area contributed by atoms with Crippen molar-refractivity contribution in [3.05, 3.63) is 11.9 Å². The van der Waals surface area contributed by atoms with Crippen molar-refractivity contribution in [3.8, 4) is 0 Å². The summed E-state index contributed by atoms with van der Waals surface area (Å²) in [6.07, 6.45) is 4.70. The molecule has 0 nitrogen and oxygen atoms in total. The van der Waals surface area contributed by atoms with Crippen molar-refractivity contribution in [1.29, 1.82) is 0 Å². The Morgan fingerprint density at radius 2 is 2.29 bits per heavy atom. The molecule has 0 heterocycles. The molecule has 0 saturated carbocycles. The molecule has 0 aliphatic heterocycles. The molecule has 0 aromatic heterocycles. The van der Waals surface area contributed by atoms with Gasteiger partial charge in [0.05, 0.1) is 0 Å². The number of allylic oxidation sites excluding steroid dienone is 1. The van der Waals surface area contributed by atoms with Crippen molar-refractivity contribution >= 4 is 8.58 Å². The molecule has 0 atom stereocenters. The maximum atomic E-state index is 2.20. The van der Waals surface area contributed by atoms with Gasteiger partial charge in [0.1, 0.15) is 0 Å². The van der Waals surface area contributed by atoms with Crippen LogP contribution in [0.3, 0.4) is 0 Å². The van der Waals surface area contributed by atoms with E-state index in [1.54, 1.807) is 0 Å². The summed E-state index contributed by atoms with van der Waals surface area (Å²) in [5.74, 6) is 2.18. The quantitative estimate of drug-likeness (QED) is 0.392. The van der Waals surface area contributed by atoms with Crippen LogP contribution in [-0.4, -0.2) is 6.16 Å². The fourth-order valence-electron chi connectivity index (χ4n) is 0.309. The van der Waals surface area contributed by atoms with E-state index in [-0.39, 0.29) is 0 Å². The van der Waals surface area contributed by atoms with Gasteiger partial charge < -0.3 is 0 Å². The second kappa shape index (κ2) is 6.17. The summed E-state index contributed by atoms with van der Waals surface area (Å²) in [6, 6.07) is 0. The molecule has 0 rings (SSSR count). The SMILES string of the molecule is CC=C[P]CCC. The van der Waals surface area contributed by atoms with E-state index < -0.39 is 0 Å². The second-order valence-electron chi connectivity index (χ2n) is 1.39. The zero-order valence-corrected chi connectivity index (χ0v) is 5.91. The molecular formula is C6H12P. The third kappa shape index (κ3) is 6.17. The summed E-state index contributed by atoms with van der Waals surface area (Å²) >= 11 is 0. The van der Waals surface area contributed by atoms with Gasteiger partial charge in [-0.25, -0.2) is 0 Å². The van der Waals surface area contributed by atoms with Crippen LogP contribution in [0.15, 0.2) is 11.9 Å². The summed E-state index contributed by atoms with van der Waals surface area (Å²) in [6.45, 7) is 4.26. The minimum atomic E-state index is 1.30. The fraction of sp³-hybridized carbons (Fsp3) is 0.667. The lowest BCUT2D eigenvalue weighted by molar-refractivity contribution is 1.10. The largest absolute Gasteiger partial charge is 0.0868 e. The molecule has 0 aromatic carbocycles. The third-order valence-electron chi connectivity index (χ3n) is 0.607. The van der Waals surface area contributed by atoms with E-state index in [2.05, 4.69) is 25.7 Å². The molecule has 0 unspecified atom stereocenters. The van der Waals surface area contributed by atoms with Crippen molar-refractivity contribution in [2.24, 2.45) is 0 Å². The number of rotatable bonds is 3. The standard InChI is InChI=1S/C6H12P/c1-3-5-7-6-4-2/h3,5H,4,6H2,1-2H3. The zero-order chi connectivity index (χ0) is 5.54. The number of hydrogen-bond acceptors (Lipinski definition) is 0. The molecule has 0 aromatic rings. The Hall–Kier alpha value is 0.170. The van der Waals surface area contributed by atoms with Crippen LogP contribution >= 0.6 is 8.58 Å². The van der Waals surface area contributed by atoms with Gasteiger partial charge in [-0.05, 0) is 13.1 Å². The highest BCUT2D eigenvalue weighted by Gasteiger charge is 1.73. The maximum absolute atomic E-state index is 2.20. The smallest absolute Gasteiger partial charge is 0.0252 e. The van der Waals surface area contributed by atoms with Gasteiger partial charge in [0, 0.05) is 0 Å². The van der Waals surface area contributed by atoms with Gasteiger partial charge in [-0.2, -0.15) is 0 Å².